The average Bonchev–Trinajstić information content (AvgIpc) is 1.86. The molecule has 0 saturated heterocycles. The Hall–Kier alpha value is 0.350. The van der Waals surface area contributed by atoms with Crippen LogP contribution in [0.4, 0.5) is 0 Å². The molecule has 1 heteroatoms. The smallest absolute Gasteiger partial charge is 0.0147 e. The molecule has 0 aliphatic rings. The molecule has 0 spiro atoms. The van der Waals surface area contributed by atoms with Crippen molar-refractivity contribution in [1.29, 1.82) is 0 Å². The van der Waals surface area contributed by atoms with E-state index in [0.29, 0.717) is 5.92 Å². The van der Waals surface area contributed by atoms with E-state index in [9.17, 15) is 0 Å². The molecule has 0 N–H and O–H groups in total. The Morgan fingerprint density at radius 3 is 1.56 bits per heavy atom. The zero-order valence-corrected chi connectivity index (χ0v) is 7.83. The zero-order chi connectivity index (χ0) is 7.49. The molecule has 0 radical (unpaired) electrons. The van der Waals surface area contributed by atoms with Crippen LogP contribution in [0.15, 0.2) is 0 Å². The van der Waals surface area contributed by atoms with Crippen LogP contribution in [0.2, 0.25) is 0 Å². The number of hydrogen-bond donors (Lipinski definition) is 1. The predicted octanol–water partition coefficient (Wildman–Crippen LogP) is 3.13. The summed E-state index contributed by atoms with van der Waals surface area (Å²) in [6.07, 6.45) is 2.34. The largest absolute Gasteiger partial charge is 0.172 e. The molecule has 0 aromatic rings. The van der Waals surface area contributed by atoms with Gasteiger partial charge in [-0.3, -0.25) is 0 Å². The van der Waals surface area contributed by atoms with Crippen LogP contribution in [0, 0.1) is 5.92 Å². The lowest BCUT2D eigenvalue weighted by Crippen LogP contribution is -2.26. The molecule has 0 bridgehead atoms. The molecule has 0 unspecified atom stereocenters. The zero-order valence-electron chi connectivity index (χ0n) is 6.94. The van der Waals surface area contributed by atoms with Crippen LogP contribution >= 0.6 is 12.6 Å². The minimum Gasteiger partial charge on any atom is -0.172 e. The SMILES string of the molecule is CCC(S)(CC)C(C)C. The second-order valence-corrected chi connectivity index (χ2v) is 3.86. The molecule has 0 nitrogen and oxygen atoms in total. The first-order valence-electron chi connectivity index (χ1n) is 3.79. The average molecular weight is 146 g/mol. The molecule has 0 rings (SSSR count). The van der Waals surface area contributed by atoms with Gasteiger partial charge in [0.1, 0.15) is 0 Å². The molecular weight excluding hydrogens is 128 g/mol. The van der Waals surface area contributed by atoms with Gasteiger partial charge in [-0.1, -0.05) is 27.7 Å². The van der Waals surface area contributed by atoms with Crippen LogP contribution in [0.3, 0.4) is 0 Å². The van der Waals surface area contributed by atoms with Gasteiger partial charge >= 0.3 is 0 Å². The number of thiol groups is 1. The Kier molecular flexibility index (Phi) is 3.64. The highest BCUT2D eigenvalue weighted by Crippen LogP contribution is 2.31. The van der Waals surface area contributed by atoms with E-state index in [0.717, 1.165) is 0 Å². The fraction of sp³-hybridized carbons (Fsp3) is 1.00. The van der Waals surface area contributed by atoms with E-state index in [2.05, 4.69) is 40.3 Å². The molecule has 0 aromatic carbocycles. The number of rotatable bonds is 3. The van der Waals surface area contributed by atoms with Crippen molar-refractivity contribution in [2.45, 2.75) is 45.3 Å². The molecule has 0 aliphatic heterocycles. The Labute approximate surface area is 64.4 Å². The van der Waals surface area contributed by atoms with Crippen molar-refractivity contribution >= 4 is 12.6 Å². The van der Waals surface area contributed by atoms with Crippen molar-refractivity contribution in [1.82, 2.24) is 0 Å². The van der Waals surface area contributed by atoms with Crippen LogP contribution < -0.4 is 0 Å². The van der Waals surface area contributed by atoms with Crippen molar-refractivity contribution in [3.05, 3.63) is 0 Å². The van der Waals surface area contributed by atoms with Gasteiger partial charge in [0.2, 0.25) is 0 Å². The highest BCUT2D eigenvalue weighted by Gasteiger charge is 2.24. The van der Waals surface area contributed by atoms with Crippen molar-refractivity contribution in [2.24, 2.45) is 5.92 Å². The molecule has 9 heavy (non-hydrogen) atoms. The maximum absolute atomic E-state index is 4.61. The van der Waals surface area contributed by atoms with Crippen LogP contribution in [0.25, 0.3) is 0 Å². The van der Waals surface area contributed by atoms with E-state index in [1.807, 2.05) is 0 Å². The van der Waals surface area contributed by atoms with Gasteiger partial charge in [-0.15, -0.1) is 0 Å². The summed E-state index contributed by atoms with van der Waals surface area (Å²) < 4.78 is 0.278. The van der Waals surface area contributed by atoms with E-state index < -0.39 is 0 Å². The quantitative estimate of drug-likeness (QED) is 0.581. The highest BCUT2D eigenvalue weighted by molar-refractivity contribution is 7.81. The maximum Gasteiger partial charge on any atom is 0.0147 e. The van der Waals surface area contributed by atoms with E-state index >= 15 is 0 Å². The maximum atomic E-state index is 4.61. The predicted molar refractivity (Wildman–Crippen MR) is 47.1 cm³/mol. The minimum absolute atomic E-state index is 0.278. The van der Waals surface area contributed by atoms with E-state index in [4.69, 9.17) is 0 Å². The third-order valence-corrected chi connectivity index (χ3v) is 3.45. The first-order valence-corrected chi connectivity index (χ1v) is 4.24. The first kappa shape index (κ1) is 9.35. The Balaban J connectivity index is 3.92. The molecule has 0 fully saturated rings. The lowest BCUT2D eigenvalue weighted by atomic mass is 9.90. The Morgan fingerprint density at radius 1 is 1.22 bits per heavy atom. The Morgan fingerprint density at radius 2 is 1.56 bits per heavy atom. The minimum atomic E-state index is 0.278. The third kappa shape index (κ3) is 2.21. The molecule has 0 aromatic heterocycles. The summed E-state index contributed by atoms with van der Waals surface area (Å²) in [6.45, 7) is 8.88. The van der Waals surface area contributed by atoms with Gasteiger partial charge in [-0.05, 0) is 18.8 Å². The summed E-state index contributed by atoms with van der Waals surface area (Å²) in [4.78, 5) is 0. The highest BCUT2D eigenvalue weighted by atomic mass is 32.1. The standard InChI is InChI=1S/C8H18S/c1-5-8(9,6-2)7(3)4/h7,9H,5-6H2,1-4H3. The van der Waals surface area contributed by atoms with Gasteiger partial charge in [0.25, 0.3) is 0 Å². The monoisotopic (exact) mass is 146 g/mol. The fourth-order valence-corrected chi connectivity index (χ4v) is 1.07. The molecule has 0 aliphatic carbocycles. The van der Waals surface area contributed by atoms with Crippen LogP contribution in [0.5, 0.6) is 0 Å². The molecule has 0 amide bonds. The summed E-state index contributed by atoms with van der Waals surface area (Å²) in [5.41, 5.74) is 0. The molecule has 0 heterocycles. The lowest BCUT2D eigenvalue weighted by molar-refractivity contribution is 0.413. The molecular formula is C8H18S. The van der Waals surface area contributed by atoms with Gasteiger partial charge < -0.3 is 0 Å². The summed E-state index contributed by atoms with van der Waals surface area (Å²) >= 11 is 4.61. The molecule has 56 valence electrons. The topological polar surface area (TPSA) is 0 Å². The van der Waals surface area contributed by atoms with Gasteiger partial charge in [0.15, 0.2) is 0 Å². The second-order valence-electron chi connectivity index (χ2n) is 2.97. The normalized spacial score (nSPS) is 12.7. The fourth-order valence-electron chi connectivity index (χ4n) is 1.07. The second kappa shape index (κ2) is 3.50. The van der Waals surface area contributed by atoms with Crippen molar-refractivity contribution in [3.63, 3.8) is 0 Å². The van der Waals surface area contributed by atoms with Crippen molar-refractivity contribution in [3.8, 4) is 0 Å². The van der Waals surface area contributed by atoms with Crippen LogP contribution in [-0.4, -0.2) is 4.75 Å². The van der Waals surface area contributed by atoms with E-state index in [-0.39, 0.29) is 4.75 Å². The lowest BCUT2D eigenvalue weighted by Gasteiger charge is -2.29. The summed E-state index contributed by atoms with van der Waals surface area (Å²) in [6, 6.07) is 0. The number of hydrogen-bond acceptors (Lipinski definition) is 1. The van der Waals surface area contributed by atoms with Gasteiger partial charge in [0, 0.05) is 4.75 Å². The summed E-state index contributed by atoms with van der Waals surface area (Å²) in [5.74, 6) is 0.691. The molecule has 0 atom stereocenters. The van der Waals surface area contributed by atoms with Gasteiger partial charge in [-0.25, -0.2) is 0 Å². The summed E-state index contributed by atoms with van der Waals surface area (Å²) in [5, 5.41) is 0. The van der Waals surface area contributed by atoms with Gasteiger partial charge in [-0.2, -0.15) is 12.6 Å². The van der Waals surface area contributed by atoms with Crippen LogP contribution in [0.1, 0.15) is 40.5 Å². The Bertz CT molecular complexity index is 72.6. The van der Waals surface area contributed by atoms with Crippen molar-refractivity contribution < 1.29 is 0 Å². The first-order chi connectivity index (χ1) is 4.06. The third-order valence-electron chi connectivity index (χ3n) is 2.30. The summed E-state index contributed by atoms with van der Waals surface area (Å²) in [7, 11) is 0. The molecule has 0 saturated carbocycles. The van der Waals surface area contributed by atoms with Crippen LogP contribution in [-0.2, 0) is 0 Å². The van der Waals surface area contributed by atoms with E-state index in [1.165, 1.54) is 12.8 Å². The van der Waals surface area contributed by atoms with E-state index in [1.54, 1.807) is 0 Å². The van der Waals surface area contributed by atoms with Crippen molar-refractivity contribution in [2.75, 3.05) is 0 Å². The van der Waals surface area contributed by atoms with Gasteiger partial charge in [0.05, 0.1) is 0 Å².